The van der Waals surface area contributed by atoms with Crippen molar-refractivity contribution in [2.24, 2.45) is 0 Å². The van der Waals surface area contributed by atoms with Crippen molar-refractivity contribution >= 4 is 22.2 Å². The predicted molar refractivity (Wildman–Crippen MR) is 116 cm³/mol. The lowest BCUT2D eigenvalue weighted by Gasteiger charge is -2.35. The molecule has 2 aromatic heterocycles. The van der Waals surface area contributed by atoms with Crippen LogP contribution in [-0.2, 0) is 0 Å². The maximum absolute atomic E-state index is 12.6. The summed E-state index contributed by atoms with van der Waals surface area (Å²) in [5.41, 5.74) is 1.96. The summed E-state index contributed by atoms with van der Waals surface area (Å²) in [4.78, 5) is 16.1. The molecule has 8 heteroatoms. The van der Waals surface area contributed by atoms with E-state index in [1.165, 1.54) is 24.0 Å². The van der Waals surface area contributed by atoms with Gasteiger partial charge in [0, 0.05) is 10.4 Å². The van der Waals surface area contributed by atoms with Gasteiger partial charge in [-0.2, -0.15) is 8.78 Å². The third-order valence-corrected chi connectivity index (χ3v) is 6.31. The quantitative estimate of drug-likeness (QED) is 0.478. The fraction of sp³-hybridized carbons (Fsp3) is 0.348. The van der Waals surface area contributed by atoms with Crippen molar-refractivity contribution in [2.75, 3.05) is 18.4 Å². The minimum Gasteiger partial charge on any atom is -0.459 e. The van der Waals surface area contributed by atoms with E-state index in [1.54, 1.807) is 24.3 Å². The van der Waals surface area contributed by atoms with Gasteiger partial charge in [-0.05, 0) is 68.8 Å². The van der Waals surface area contributed by atoms with Crippen molar-refractivity contribution in [3.63, 3.8) is 0 Å². The Morgan fingerprint density at radius 1 is 1.16 bits per heavy atom. The number of hydrogen-bond acceptors (Lipinski definition) is 5. The maximum Gasteiger partial charge on any atom is 0.387 e. The molecular formula is C23H24F2N2O3S. The molecule has 164 valence electrons. The summed E-state index contributed by atoms with van der Waals surface area (Å²) < 4.78 is 34.8. The molecule has 4 rings (SSSR count). The average Bonchev–Trinajstić information content (AvgIpc) is 3.40. The molecule has 1 aromatic carbocycles. The molecule has 3 aromatic rings. The van der Waals surface area contributed by atoms with Gasteiger partial charge in [0.05, 0.1) is 12.3 Å². The topological polar surface area (TPSA) is 54.7 Å². The van der Waals surface area contributed by atoms with Crippen molar-refractivity contribution in [1.82, 2.24) is 4.90 Å². The standard InChI is InChI=1S/C23H24F2N2O3S/c1-15-14-18(22(31-15)26-21(28)19-6-5-13-29-19)20(27-11-3-2-4-12-27)16-7-9-17(10-8-16)30-23(24)25/h5-10,13-14,20,23H,2-4,11-12H2,1H3,(H,26,28)/t20-/m1/s1. The van der Waals surface area contributed by atoms with E-state index in [-0.39, 0.29) is 23.5 Å². The van der Waals surface area contributed by atoms with E-state index in [1.807, 2.05) is 19.1 Å². The first-order chi connectivity index (χ1) is 15.0. The highest BCUT2D eigenvalue weighted by Gasteiger charge is 2.28. The van der Waals surface area contributed by atoms with Crippen LogP contribution in [0.4, 0.5) is 13.8 Å². The molecule has 0 spiro atoms. The lowest BCUT2D eigenvalue weighted by molar-refractivity contribution is -0.0498. The molecule has 0 saturated carbocycles. The first-order valence-corrected chi connectivity index (χ1v) is 11.1. The Bertz CT molecular complexity index is 997. The Morgan fingerprint density at radius 2 is 1.90 bits per heavy atom. The molecule has 5 nitrogen and oxygen atoms in total. The van der Waals surface area contributed by atoms with Crippen LogP contribution < -0.4 is 10.1 Å². The second-order valence-corrected chi connectivity index (χ2v) is 8.78. The number of carbonyl (C=O) groups is 1. The number of furan rings is 1. The number of benzene rings is 1. The van der Waals surface area contributed by atoms with Crippen molar-refractivity contribution in [1.29, 1.82) is 0 Å². The van der Waals surface area contributed by atoms with Crippen LogP contribution in [0, 0.1) is 6.92 Å². The number of nitrogens with zero attached hydrogens (tertiary/aromatic N) is 1. The van der Waals surface area contributed by atoms with Crippen LogP contribution in [0.3, 0.4) is 0 Å². The fourth-order valence-electron chi connectivity index (χ4n) is 4.00. The minimum absolute atomic E-state index is 0.0993. The van der Waals surface area contributed by atoms with Crippen LogP contribution >= 0.6 is 11.3 Å². The van der Waals surface area contributed by atoms with Gasteiger partial charge in [0.25, 0.3) is 5.91 Å². The van der Waals surface area contributed by atoms with E-state index in [9.17, 15) is 13.6 Å². The third kappa shape index (κ3) is 5.14. The third-order valence-electron chi connectivity index (χ3n) is 5.33. The van der Waals surface area contributed by atoms with Gasteiger partial charge < -0.3 is 14.5 Å². The van der Waals surface area contributed by atoms with Gasteiger partial charge in [0.15, 0.2) is 5.76 Å². The van der Waals surface area contributed by atoms with Gasteiger partial charge in [-0.15, -0.1) is 11.3 Å². The van der Waals surface area contributed by atoms with Gasteiger partial charge in [0.2, 0.25) is 0 Å². The molecule has 0 unspecified atom stereocenters. The van der Waals surface area contributed by atoms with Gasteiger partial charge >= 0.3 is 6.61 Å². The summed E-state index contributed by atoms with van der Waals surface area (Å²) in [7, 11) is 0. The molecule has 0 aliphatic carbocycles. The van der Waals surface area contributed by atoms with Crippen LogP contribution in [0.2, 0.25) is 0 Å². The number of likely N-dealkylation sites (tertiary alicyclic amines) is 1. The number of alkyl halides is 2. The van der Waals surface area contributed by atoms with E-state index in [0.717, 1.165) is 46.9 Å². The summed E-state index contributed by atoms with van der Waals surface area (Å²) >= 11 is 1.51. The molecule has 1 N–H and O–H groups in total. The van der Waals surface area contributed by atoms with Crippen LogP contribution in [0.15, 0.2) is 53.1 Å². The Kier molecular flexibility index (Phi) is 6.67. The molecule has 1 saturated heterocycles. The number of carbonyl (C=O) groups excluding carboxylic acids is 1. The Balaban J connectivity index is 1.68. The molecular weight excluding hydrogens is 422 g/mol. The smallest absolute Gasteiger partial charge is 0.387 e. The number of ether oxygens (including phenoxy) is 1. The lowest BCUT2D eigenvalue weighted by atomic mass is 9.96. The molecule has 1 fully saturated rings. The molecule has 1 aliphatic rings. The highest BCUT2D eigenvalue weighted by Crippen LogP contribution is 2.40. The summed E-state index contributed by atoms with van der Waals surface area (Å²) in [6, 6.07) is 12.1. The predicted octanol–water partition coefficient (Wildman–Crippen LogP) is 6.08. The summed E-state index contributed by atoms with van der Waals surface area (Å²) in [6.07, 6.45) is 4.85. The van der Waals surface area contributed by atoms with Crippen LogP contribution in [-0.4, -0.2) is 30.5 Å². The number of halogens is 2. The van der Waals surface area contributed by atoms with Crippen molar-refractivity contribution in [3.05, 3.63) is 70.5 Å². The van der Waals surface area contributed by atoms with Gasteiger partial charge in [-0.3, -0.25) is 9.69 Å². The van der Waals surface area contributed by atoms with Crippen molar-refractivity contribution in [2.45, 2.75) is 38.8 Å². The lowest BCUT2D eigenvalue weighted by Crippen LogP contribution is -2.34. The second kappa shape index (κ2) is 9.62. The molecule has 1 amide bonds. The number of hydrogen-bond donors (Lipinski definition) is 1. The van der Waals surface area contributed by atoms with E-state index in [2.05, 4.69) is 21.0 Å². The SMILES string of the molecule is Cc1cc([C@@H](c2ccc(OC(F)F)cc2)N2CCCCC2)c(NC(=O)c2ccco2)s1. The number of nitrogens with one attached hydrogen (secondary N) is 1. The van der Waals surface area contributed by atoms with Crippen molar-refractivity contribution < 1.29 is 22.7 Å². The second-order valence-electron chi connectivity index (χ2n) is 7.52. The van der Waals surface area contributed by atoms with Crippen LogP contribution in [0.25, 0.3) is 0 Å². The monoisotopic (exact) mass is 446 g/mol. The highest BCUT2D eigenvalue weighted by atomic mass is 32.1. The van der Waals surface area contributed by atoms with Crippen molar-refractivity contribution in [3.8, 4) is 5.75 Å². The van der Waals surface area contributed by atoms with E-state index < -0.39 is 6.61 Å². The number of piperidine rings is 1. The number of amides is 1. The van der Waals surface area contributed by atoms with Crippen LogP contribution in [0.1, 0.15) is 51.9 Å². The average molecular weight is 447 g/mol. The van der Waals surface area contributed by atoms with E-state index in [4.69, 9.17) is 4.42 Å². The molecule has 0 radical (unpaired) electrons. The first kappa shape index (κ1) is 21.5. The first-order valence-electron chi connectivity index (χ1n) is 10.3. The minimum atomic E-state index is -2.85. The zero-order chi connectivity index (χ0) is 21.8. The Morgan fingerprint density at radius 3 is 2.55 bits per heavy atom. The number of rotatable bonds is 7. The molecule has 31 heavy (non-hydrogen) atoms. The number of anilines is 1. The van der Waals surface area contributed by atoms with Crippen LogP contribution in [0.5, 0.6) is 5.75 Å². The molecule has 3 heterocycles. The number of thiophene rings is 1. The normalized spacial score (nSPS) is 15.7. The number of aryl methyl sites for hydroxylation is 1. The van der Waals surface area contributed by atoms with E-state index in [0.29, 0.717) is 0 Å². The highest BCUT2D eigenvalue weighted by molar-refractivity contribution is 7.16. The Labute approximate surface area is 183 Å². The summed E-state index contributed by atoms with van der Waals surface area (Å²) in [5.74, 6) is 0.0789. The summed E-state index contributed by atoms with van der Waals surface area (Å²) in [6.45, 7) is 1.01. The van der Waals surface area contributed by atoms with Gasteiger partial charge in [0.1, 0.15) is 10.8 Å². The van der Waals surface area contributed by atoms with Gasteiger partial charge in [-0.25, -0.2) is 0 Å². The van der Waals surface area contributed by atoms with E-state index >= 15 is 0 Å². The van der Waals surface area contributed by atoms with Gasteiger partial charge in [-0.1, -0.05) is 18.6 Å². The molecule has 0 bridgehead atoms. The molecule has 1 aliphatic heterocycles. The summed E-state index contributed by atoms with van der Waals surface area (Å²) in [5, 5.41) is 3.76. The largest absolute Gasteiger partial charge is 0.459 e. The Hall–Kier alpha value is -2.71. The zero-order valence-corrected chi connectivity index (χ0v) is 18.0. The maximum atomic E-state index is 12.6. The fourth-order valence-corrected chi connectivity index (χ4v) is 4.94. The zero-order valence-electron chi connectivity index (χ0n) is 17.1. The molecule has 1 atom stereocenters.